The van der Waals surface area contributed by atoms with Crippen LogP contribution < -0.4 is 4.90 Å². The maximum Gasteiger partial charge on any atom is 0.299 e. The number of likely N-dealkylation sites (N-methyl/N-ethyl adjacent to an activating group) is 1. The van der Waals surface area contributed by atoms with Gasteiger partial charge in [0.05, 0.1) is 11.3 Å². The van der Waals surface area contributed by atoms with Gasteiger partial charge in [-0.25, -0.2) is 0 Å². The van der Waals surface area contributed by atoms with Gasteiger partial charge in [-0.3, -0.25) is 9.59 Å². The molecule has 0 atom stereocenters. The first-order chi connectivity index (χ1) is 7.50. The van der Waals surface area contributed by atoms with E-state index < -0.39 is 11.7 Å². The molecule has 1 heterocycles. The Morgan fingerprint density at radius 2 is 1.94 bits per heavy atom. The summed E-state index contributed by atoms with van der Waals surface area (Å²) in [4.78, 5) is 25.5. The van der Waals surface area contributed by atoms with Crippen molar-refractivity contribution < 1.29 is 9.59 Å². The van der Waals surface area contributed by atoms with Gasteiger partial charge in [0, 0.05) is 17.2 Å². The molecule has 0 spiro atoms. The van der Waals surface area contributed by atoms with Crippen molar-refractivity contribution >= 4 is 29.1 Å². The second-order valence-corrected chi connectivity index (χ2v) is 5.69. The lowest BCUT2D eigenvalue weighted by atomic mass is 10.1. The van der Waals surface area contributed by atoms with Gasteiger partial charge in [0.1, 0.15) is 0 Å². The molecule has 4 heteroatoms. The van der Waals surface area contributed by atoms with Crippen molar-refractivity contribution in [2.75, 3.05) is 11.9 Å². The van der Waals surface area contributed by atoms with Gasteiger partial charge in [0.15, 0.2) is 0 Å². The molecule has 1 aliphatic rings. The minimum atomic E-state index is -0.443. The Morgan fingerprint density at radius 3 is 2.56 bits per heavy atom. The number of ketones is 1. The summed E-state index contributed by atoms with van der Waals surface area (Å²) in [5.41, 5.74) is 1.24. The highest BCUT2D eigenvalue weighted by Crippen LogP contribution is 2.33. The van der Waals surface area contributed by atoms with E-state index >= 15 is 0 Å². The van der Waals surface area contributed by atoms with Crippen LogP contribution in [0, 0.1) is 0 Å². The highest BCUT2D eigenvalue weighted by molar-refractivity contribution is 7.99. The second kappa shape index (κ2) is 3.94. The van der Waals surface area contributed by atoms with Crippen LogP contribution in [-0.2, 0) is 4.79 Å². The van der Waals surface area contributed by atoms with Crippen LogP contribution in [0.3, 0.4) is 0 Å². The number of rotatable bonds is 2. The highest BCUT2D eigenvalue weighted by Gasteiger charge is 2.33. The third kappa shape index (κ3) is 1.73. The maximum absolute atomic E-state index is 11.5. The summed E-state index contributed by atoms with van der Waals surface area (Å²) in [6.07, 6.45) is 0. The van der Waals surface area contributed by atoms with Crippen molar-refractivity contribution in [3.05, 3.63) is 23.8 Å². The molecule has 1 amide bonds. The van der Waals surface area contributed by atoms with Crippen molar-refractivity contribution in [2.45, 2.75) is 24.0 Å². The van der Waals surface area contributed by atoms with Gasteiger partial charge in [0.25, 0.3) is 11.7 Å². The average Bonchev–Trinajstić information content (AvgIpc) is 2.43. The van der Waals surface area contributed by atoms with Crippen molar-refractivity contribution in [1.82, 2.24) is 0 Å². The van der Waals surface area contributed by atoms with E-state index in [9.17, 15) is 9.59 Å². The predicted octanol–water partition coefficient (Wildman–Crippen LogP) is 2.35. The molecule has 16 heavy (non-hydrogen) atoms. The van der Waals surface area contributed by atoms with Crippen molar-refractivity contribution in [2.24, 2.45) is 0 Å². The van der Waals surface area contributed by atoms with Gasteiger partial charge >= 0.3 is 0 Å². The minimum Gasteiger partial charge on any atom is -0.308 e. The van der Waals surface area contributed by atoms with Gasteiger partial charge in [-0.05, 0) is 18.2 Å². The summed E-state index contributed by atoms with van der Waals surface area (Å²) in [6.45, 7) is 4.22. The van der Waals surface area contributed by atoms with Crippen molar-refractivity contribution in [3.63, 3.8) is 0 Å². The molecule has 0 aromatic heterocycles. The summed E-state index contributed by atoms with van der Waals surface area (Å²) >= 11 is 1.72. The summed E-state index contributed by atoms with van der Waals surface area (Å²) in [5.74, 6) is -0.847. The molecule has 0 radical (unpaired) electrons. The fourth-order valence-electron chi connectivity index (χ4n) is 1.70. The standard InChI is InChI=1S/C12H13NO2S/c1-7(2)16-8-4-5-9-10(6-8)13(3)12(15)11(9)14/h4-7H,1-3H3. The molecule has 0 aliphatic carbocycles. The van der Waals surface area contributed by atoms with Crippen LogP contribution in [0.15, 0.2) is 23.1 Å². The zero-order valence-corrected chi connectivity index (χ0v) is 10.3. The number of amides is 1. The molecular weight excluding hydrogens is 222 g/mol. The smallest absolute Gasteiger partial charge is 0.299 e. The monoisotopic (exact) mass is 235 g/mol. The molecule has 1 aromatic carbocycles. The van der Waals surface area contributed by atoms with Crippen LogP contribution in [-0.4, -0.2) is 24.0 Å². The zero-order chi connectivity index (χ0) is 11.9. The average molecular weight is 235 g/mol. The predicted molar refractivity (Wildman–Crippen MR) is 65.2 cm³/mol. The summed E-state index contributed by atoms with van der Waals surface area (Å²) < 4.78 is 0. The lowest BCUT2D eigenvalue weighted by Crippen LogP contribution is -2.24. The Hall–Kier alpha value is -1.29. The molecule has 0 N–H and O–H groups in total. The molecule has 0 unspecified atom stereocenters. The lowest BCUT2D eigenvalue weighted by Gasteiger charge is -2.11. The normalized spacial score (nSPS) is 14.9. The van der Waals surface area contributed by atoms with E-state index in [4.69, 9.17) is 0 Å². The number of benzene rings is 1. The largest absolute Gasteiger partial charge is 0.308 e. The van der Waals surface area contributed by atoms with Gasteiger partial charge in [0.2, 0.25) is 0 Å². The summed E-state index contributed by atoms with van der Waals surface area (Å²) in [7, 11) is 1.63. The second-order valence-electron chi connectivity index (χ2n) is 4.04. The number of anilines is 1. The van der Waals surface area contributed by atoms with Crippen molar-refractivity contribution in [1.29, 1.82) is 0 Å². The molecule has 0 bridgehead atoms. The first-order valence-electron chi connectivity index (χ1n) is 5.14. The third-order valence-corrected chi connectivity index (χ3v) is 3.44. The van der Waals surface area contributed by atoms with Crippen LogP contribution in [0.4, 0.5) is 5.69 Å². The van der Waals surface area contributed by atoms with Gasteiger partial charge in [-0.1, -0.05) is 13.8 Å². The third-order valence-electron chi connectivity index (χ3n) is 2.45. The van der Waals surface area contributed by atoms with E-state index in [1.807, 2.05) is 12.1 Å². The number of nitrogens with zero attached hydrogens (tertiary/aromatic N) is 1. The lowest BCUT2D eigenvalue weighted by molar-refractivity contribution is -0.114. The molecule has 2 rings (SSSR count). The van der Waals surface area contributed by atoms with E-state index in [1.165, 1.54) is 4.90 Å². The van der Waals surface area contributed by atoms with Gasteiger partial charge in [-0.2, -0.15) is 0 Å². The van der Waals surface area contributed by atoms with Crippen LogP contribution in [0.5, 0.6) is 0 Å². The van der Waals surface area contributed by atoms with E-state index in [0.29, 0.717) is 10.8 Å². The summed E-state index contributed by atoms with van der Waals surface area (Å²) in [6, 6.07) is 5.54. The highest BCUT2D eigenvalue weighted by atomic mass is 32.2. The number of hydrogen-bond donors (Lipinski definition) is 0. The number of fused-ring (bicyclic) bond motifs is 1. The fraction of sp³-hybridized carbons (Fsp3) is 0.333. The molecule has 84 valence electrons. The number of thioether (sulfide) groups is 1. The van der Waals surface area contributed by atoms with Crippen LogP contribution in [0.25, 0.3) is 0 Å². The Labute approximate surface area is 98.8 Å². The Morgan fingerprint density at radius 1 is 1.25 bits per heavy atom. The minimum absolute atomic E-state index is 0.404. The van der Waals surface area contributed by atoms with Crippen LogP contribution in [0.2, 0.25) is 0 Å². The number of Topliss-reactive ketones (excluding diaryl/α,β-unsaturated/α-hetero) is 1. The Kier molecular flexibility index (Phi) is 2.76. The molecule has 0 saturated heterocycles. The Balaban J connectivity index is 2.41. The quantitative estimate of drug-likeness (QED) is 0.583. The maximum atomic E-state index is 11.5. The molecule has 0 saturated carbocycles. The SMILES string of the molecule is CC(C)Sc1ccc2c(c1)N(C)C(=O)C2=O. The van der Waals surface area contributed by atoms with E-state index in [1.54, 1.807) is 24.9 Å². The molecule has 1 aromatic rings. The first kappa shape index (κ1) is 11.2. The molecule has 1 aliphatic heterocycles. The number of carbonyl (C=O) groups excluding carboxylic acids is 2. The van der Waals surface area contributed by atoms with Crippen LogP contribution in [0.1, 0.15) is 24.2 Å². The molecule has 3 nitrogen and oxygen atoms in total. The first-order valence-corrected chi connectivity index (χ1v) is 6.01. The Bertz CT molecular complexity index is 468. The number of hydrogen-bond acceptors (Lipinski definition) is 3. The summed E-state index contributed by atoms with van der Waals surface area (Å²) in [5, 5.41) is 0.483. The fourth-order valence-corrected chi connectivity index (χ4v) is 2.57. The van der Waals surface area contributed by atoms with Crippen LogP contribution >= 0.6 is 11.8 Å². The van der Waals surface area contributed by atoms with E-state index in [2.05, 4.69) is 13.8 Å². The zero-order valence-electron chi connectivity index (χ0n) is 9.48. The topological polar surface area (TPSA) is 37.4 Å². The molecular formula is C12H13NO2S. The number of carbonyl (C=O) groups is 2. The van der Waals surface area contributed by atoms with Gasteiger partial charge < -0.3 is 4.90 Å². The van der Waals surface area contributed by atoms with E-state index in [-0.39, 0.29) is 0 Å². The molecule has 0 fully saturated rings. The van der Waals surface area contributed by atoms with Gasteiger partial charge in [-0.15, -0.1) is 11.8 Å². The van der Waals surface area contributed by atoms with Crippen molar-refractivity contribution in [3.8, 4) is 0 Å². The van der Waals surface area contributed by atoms with E-state index in [0.717, 1.165) is 10.6 Å².